The van der Waals surface area contributed by atoms with Gasteiger partial charge >= 0.3 is 11.9 Å². The Bertz CT molecular complexity index is 547. The van der Waals surface area contributed by atoms with Gasteiger partial charge in [0.15, 0.2) is 0 Å². The Morgan fingerprint density at radius 1 is 0.439 bits per heavy atom. The van der Waals surface area contributed by atoms with Crippen molar-refractivity contribution in [3.8, 4) is 0 Å². The van der Waals surface area contributed by atoms with E-state index in [2.05, 4.69) is 13.8 Å². The number of carboxylic acid groups (broad SMARTS) is 1. The standard InChI is InChI=1S/C37H72O4/c1-3-5-7-9-11-12-13-14-15-16-17-18-19-20-22-24-30-34-37(40)41-35(31-27-23-21-10-8-6-4-2)32-28-25-26-29-33-36(38)39/h35H,3-34H2,1-2H3,(H,38,39). The molecule has 4 heteroatoms. The number of hydrogen-bond donors (Lipinski definition) is 1. The molecule has 0 fully saturated rings. The highest BCUT2D eigenvalue weighted by Crippen LogP contribution is 2.19. The number of aliphatic carboxylic acids is 1. The first-order chi connectivity index (χ1) is 20.1. The van der Waals surface area contributed by atoms with E-state index in [-0.39, 0.29) is 18.5 Å². The molecule has 0 aliphatic heterocycles. The molecule has 1 atom stereocenters. The zero-order valence-corrected chi connectivity index (χ0v) is 27.9. The van der Waals surface area contributed by atoms with Crippen molar-refractivity contribution in [3.05, 3.63) is 0 Å². The minimum atomic E-state index is -0.708. The normalized spacial score (nSPS) is 12.0. The van der Waals surface area contributed by atoms with E-state index in [1.165, 1.54) is 135 Å². The van der Waals surface area contributed by atoms with Gasteiger partial charge in [0.25, 0.3) is 0 Å². The van der Waals surface area contributed by atoms with Gasteiger partial charge < -0.3 is 9.84 Å². The molecule has 0 amide bonds. The first kappa shape index (κ1) is 39.9. The fourth-order valence-corrected chi connectivity index (χ4v) is 5.83. The summed E-state index contributed by atoms with van der Waals surface area (Å²) in [6, 6.07) is 0. The maximum absolute atomic E-state index is 12.5. The number of esters is 1. The van der Waals surface area contributed by atoms with Gasteiger partial charge in [0.05, 0.1) is 0 Å². The number of ether oxygens (including phenoxy) is 1. The second-order valence-corrected chi connectivity index (χ2v) is 12.8. The van der Waals surface area contributed by atoms with Crippen LogP contribution in [0, 0.1) is 0 Å². The van der Waals surface area contributed by atoms with Gasteiger partial charge in [0.1, 0.15) is 6.10 Å². The molecule has 0 saturated heterocycles. The number of carboxylic acids is 1. The van der Waals surface area contributed by atoms with Crippen molar-refractivity contribution in [2.24, 2.45) is 0 Å². The third-order valence-electron chi connectivity index (χ3n) is 8.58. The zero-order valence-electron chi connectivity index (χ0n) is 27.9. The Hall–Kier alpha value is -1.06. The summed E-state index contributed by atoms with van der Waals surface area (Å²) >= 11 is 0. The summed E-state index contributed by atoms with van der Waals surface area (Å²) in [5.41, 5.74) is 0. The Morgan fingerprint density at radius 3 is 1.07 bits per heavy atom. The van der Waals surface area contributed by atoms with Crippen LogP contribution in [0.2, 0.25) is 0 Å². The quantitative estimate of drug-likeness (QED) is 0.0607. The lowest BCUT2D eigenvalue weighted by molar-refractivity contribution is -0.150. The second-order valence-electron chi connectivity index (χ2n) is 12.8. The van der Waals surface area contributed by atoms with Crippen LogP contribution in [-0.2, 0) is 14.3 Å². The van der Waals surface area contributed by atoms with E-state index in [4.69, 9.17) is 9.84 Å². The lowest BCUT2D eigenvalue weighted by Crippen LogP contribution is -2.18. The molecule has 0 aromatic rings. The Morgan fingerprint density at radius 2 is 0.732 bits per heavy atom. The summed E-state index contributed by atoms with van der Waals surface area (Å²) in [6.07, 6.45) is 38.4. The zero-order chi connectivity index (χ0) is 30.1. The third-order valence-corrected chi connectivity index (χ3v) is 8.58. The molecule has 0 heterocycles. The predicted octanol–water partition coefficient (Wildman–Crippen LogP) is 12.5. The van der Waals surface area contributed by atoms with E-state index < -0.39 is 5.97 Å². The van der Waals surface area contributed by atoms with E-state index in [0.717, 1.165) is 57.8 Å². The number of carbonyl (C=O) groups excluding carboxylic acids is 1. The molecule has 0 aromatic heterocycles. The largest absolute Gasteiger partial charge is 0.481 e. The molecule has 0 aliphatic carbocycles. The van der Waals surface area contributed by atoms with E-state index in [0.29, 0.717) is 6.42 Å². The fraction of sp³-hybridized carbons (Fsp3) is 0.946. The summed E-state index contributed by atoms with van der Waals surface area (Å²) in [6.45, 7) is 4.54. The van der Waals surface area contributed by atoms with Crippen LogP contribution in [0.15, 0.2) is 0 Å². The molecule has 0 saturated carbocycles. The first-order valence-corrected chi connectivity index (χ1v) is 18.5. The van der Waals surface area contributed by atoms with Gasteiger partial charge in [-0.15, -0.1) is 0 Å². The van der Waals surface area contributed by atoms with Crippen LogP contribution in [0.3, 0.4) is 0 Å². The van der Waals surface area contributed by atoms with Crippen LogP contribution in [0.25, 0.3) is 0 Å². The maximum atomic E-state index is 12.5. The van der Waals surface area contributed by atoms with Crippen LogP contribution in [-0.4, -0.2) is 23.1 Å². The van der Waals surface area contributed by atoms with Gasteiger partial charge in [-0.1, -0.05) is 168 Å². The van der Waals surface area contributed by atoms with Crippen molar-refractivity contribution in [1.82, 2.24) is 0 Å². The summed E-state index contributed by atoms with van der Waals surface area (Å²) in [7, 11) is 0. The van der Waals surface area contributed by atoms with Crippen molar-refractivity contribution in [2.75, 3.05) is 0 Å². The van der Waals surface area contributed by atoms with Crippen LogP contribution in [0.4, 0.5) is 0 Å². The second kappa shape index (κ2) is 33.4. The van der Waals surface area contributed by atoms with E-state index in [1.54, 1.807) is 0 Å². The molecule has 0 spiro atoms. The molecule has 0 rings (SSSR count). The smallest absolute Gasteiger partial charge is 0.306 e. The van der Waals surface area contributed by atoms with E-state index in [1.807, 2.05) is 0 Å². The number of rotatable bonds is 34. The average molecular weight is 581 g/mol. The third kappa shape index (κ3) is 33.3. The van der Waals surface area contributed by atoms with Crippen molar-refractivity contribution in [1.29, 1.82) is 0 Å². The minimum absolute atomic E-state index is 0.00946. The van der Waals surface area contributed by atoms with Gasteiger partial charge in [0.2, 0.25) is 0 Å². The van der Waals surface area contributed by atoms with Crippen molar-refractivity contribution in [3.63, 3.8) is 0 Å². The van der Waals surface area contributed by atoms with E-state index in [9.17, 15) is 9.59 Å². The van der Waals surface area contributed by atoms with Crippen molar-refractivity contribution in [2.45, 2.75) is 225 Å². The molecule has 0 radical (unpaired) electrons. The highest BCUT2D eigenvalue weighted by atomic mass is 16.5. The van der Waals surface area contributed by atoms with Crippen LogP contribution in [0.1, 0.15) is 219 Å². The lowest BCUT2D eigenvalue weighted by atomic mass is 10.0. The van der Waals surface area contributed by atoms with E-state index >= 15 is 0 Å². The fourth-order valence-electron chi connectivity index (χ4n) is 5.83. The molecule has 1 unspecified atom stereocenters. The molecule has 244 valence electrons. The Balaban J connectivity index is 3.81. The summed E-state index contributed by atoms with van der Waals surface area (Å²) in [5.74, 6) is -0.718. The lowest BCUT2D eigenvalue weighted by Gasteiger charge is -2.18. The Labute approximate surface area is 256 Å². The minimum Gasteiger partial charge on any atom is -0.481 e. The first-order valence-electron chi connectivity index (χ1n) is 18.5. The highest BCUT2D eigenvalue weighted by Gasteiger charge is 2.14. The van der Waals surface area contributed by atoms with Crippen molar-refractivity contribution < 1.29 is 19.4 Å². The summed E-state index contributed by atoms with van der Waals surface area (Å²) in [4.78, 5) is 23.2. The van der Waals surface area contributed by atoms with Crippen LogP contribution >= 0.6 is 0 Å². The van der Waals surface area contributed by atoms with Crippen LogP contribution in [0.5, 0.6) is 0 Å². The van der Waals surface area contributed by atoms with Gasteiger partial charge in [-0.05, 0) is 38.5 Å². The molecule has 0 aromatic carbocycles. The molecule has 0 aliphatic rings. The highest BCUT2D eigenvalue weighted by molar-refractivity contribution is 5.69. The monoisotopic (exact) mass is 581 g/mol. The predicted molar refractivity (Wildman–Crippen MR) is 177 cm³/mol. The molecule has 0 bridgehead atoms. The van der Waals surface area contributed by atoms with Crippen molar-refractivity contribution >= 4 is 11.9 Å². The number of hydrogen-bond acceptors (Lipinski definition) is 3. The Kier molecular flexibility index (Phi) is 32.6. The average Bonchev–Trinajstić information content (AvgIpc) is 2.95. The summed E-state index contributed by atoms with van der Waals surface area (Å²) in [5, 5.41) is 8.80. The molecule has 1 N–H and O–H groups in total. The summed E-state index contributed by atoms with van der Waals surface area (Å²) < 4.78 is 5.94. The molecule has 41 heavy (non-hydrogen) atoms. The van der Waals surface area contributed by atoms with Gasteiger partial charge in [-0.25, -0.2) is 0 Å². The molecular formula is C37H72O4. The molecule has 4 nitrogen and oxygen atoms in total. The van der Waals surface area contributed by atoms with Crippen LogP contribution < -0.4 is 0 Å². The van der Waals surface area contributed by atoms with Gasteiger partial charge in [-0.3, -0.25) is 9.59 Å². The van der Waals surface area contributed by atoms with Gasteiger partial charge in [0, 0.05) is 12.8 Å². The number of unbranched alkanes of at least 4 members (excludes halogenated alkanes) is 25. The number of carbonyl (C=O) groups is 2. The maximum Gasteiger partial charge on any atom is 0.306 e. The van der Waals surface area contributed by atoms with Gasteiger partial charge in [-0.2, -0.15) is 0 Å². The topological polar surface area (TPSA) is 63.6 Å². The SMILES string of the molecule is CCCCCCCCCCCCCCCCCCCC(=O)OC(CCCCCCCCC)CCCCCCC(=O)O. The molecular weight excluding hydrogens is 508 g/mol.